The van der Waals surface area contributed by atoms with Crippen molar-refractivity contribution in [1.29, 1.82) is 0 Å². The molecule has 0 radical (unpaired) electrons. The Morgan fingerprint density at radius 1 is 1.20 bits per heavy atom. The number of halogens is 2. The van der Waals surface area contributed by atoms with E-state index in [1.807, 2.05) is 0 Å². The number of ether oxygens (including phenoxy) is 2. The Bertz CT molecular complexity index is 810. The minimum absolute atomic E-state index is 0.126. The van der Waals surface area contributed by atoms with Gasteiger partial charge in [0.2, 0.25) is 0 Å². The van der Waals surface area contributed by atoms with Crippen molar-refractivity contribution in [3.8, 4) is 5.75 Å². The van der Waals surface area contributed by atoms with Gasteiger partial charge in [-0.25, -0.2) is 9.18 Å². The molecule has 0 heterocycles. The van der Waals surface area contributed by atoms with Crippen molar-refractivity contribution in [3.05, 3.63) is 58.4 Å². The third kappa shape index (κ3) is 4.70. The Labute approximate surface area is 149 Å². The molecule has 0 bridgehead atoms. The standard InChI is InChI=1S/C18H17ClFNO4/c1-10-8-13(19)5-7-16(10)25-11(2)17(22)21-15-9-12(18(23)24-3)4-6-14(15)20/h4-9,11H,1-3H3,(H,21,22). The van der Waals surface area contributed by atoms with Crippen molar-refractivity contribution in [2.75, 3.05) is 12.4 Å². The maximum atomic E-state index is 13.9. The summed E-state index contributed by atoms with van der Waals surface area (Å²) in [5.74, 6) is -1.36. The minimum atomic E-state index is -0.888. The van der Waals surface area contributed by atoms with Crippen LogP contribution in [0.25, 0.3) is 0 Å². The van der Waals surface area contributed by atoms with Crippen molar-refractivity contribution in [2.45, 2.75) is 20.0 Å². The van der Waals surface area contributed by atoms with E-state index in [0.717, 1.165) is 11.6 Å². The lowest BCUT2D eigenvalue weighted by molar-refractivity contribution is -0.122. The second-order valence-corrected chi connectivity index (χ2v) is 5.78. The molecule has 0 saturated carbocycles. The van der Waals surface area contributed by atoms with Gasteiger partial charge < -0.3 is 14.8 Å². The first kappa shape index (κ1) is 18.7. The molecule has 0 spiro atoms. The van der Waals surface area contributed by atoms with E-state index < -0.39 is 23.8 Å². The summed E-state index contributed by atoms with van der Waals surface area (Å²) in [6.45, 7) is 3.33. The molecule has 5 nitrogen and oxygen atoms in total. The fourth-order valence-electron chi connectivity index (χ4n) is 2.09. The summed E-state index contributed by atoms with van der Waals surface area (Å²) in [4.78, 5) is 23.8. The highest BCUT2D eigenvalue weighted by Gasteiger charge is 2.18. The molecule has 0 aliphatic carbocycles. The summed E-state index contributed by atoms with van der Waals surface area (Å²) in [5.41, 5.74) is 0.767. The van der Waals surface area contributed by atoms with Crippen molar-refractivity contribution < 1.29 is 23.5 Å². The summed E-state index contributed by atoms with van der Waals surface area (Å²) in [7, 11) is 1.22. The van der Waals surface area contributed by atoms with Crippen molar-refractivity contribution in [2.24, 2.45) is 0 Å². The zero-order chi connectivity index (χ0) is 18.6. The van der Waals surface area contributed by atoms with Crippen LogP contribution in [0.15, 0.2) is 36.4 Å². The highest BCUT2D eigenvalue weighted by Crippen LogP contribution is 2.23. The number of hydrogen-bond donors (Lipinski definition) is 1. The zero-order valence-corrected chi connectivity index (χ0v) is 14.7. The van der Waals surface area contributed by atoms with E-state index in [1.165, 1.54) is 26.2 Å². The molecule has 1 N–H and O–H groups in total. The van der Waals surface area contributed by atoms with Crippen LogP contribution in [0.3, 0.4) is 0 Å². The first-order valence-corrected chi connectivity index (χ1v) is 7.81. The van der Waals surface area contributed by atoms with Gasteiger partial charge in [-0.1, -0.05) is 11.6 Å². The van der Waals surface area contributed by atoms with Crippen molar-refractivity contribution in [1.82, 2.24) is 0 Å². The minimum Gasteiger partial charge on any atom is -0.481 e. The van der Waals surface area contributed by atoms with E-state index in [4.69, 9.17) is 16.3 Å². The molecule has 0 aromatic heterocycles. The summed E-state index contributed by atoms with van der Waals surface area (Å²) < 4.78 is 24.0. The second kappa shape index (κ2) is 7.98. The van der Waals surface area contributed by atoms with Gasteiger partial charge in [0.15, 0.2) is 6.10 Å². The van der Waals surface area contributed by atoms with Gasteiger partial charge in [-0.15, -0.1) is 0 Å². The number of hydrogen-bond acceptors (Lipinski definition) is 4. The smallest absolute Gasteiger partial charge is 0.337 e. The number of benzene rings is 2. The molecule has 0 saturated heterocycles. The average molecular weight is 366 g/mol. The molecule has 2 aromatic carbocycles. The molecule has 0 fully saturated rings. The molecule has 7 heteroatoms. The topological polar surface area (TPSA) is 64.6 Å². The van der Waals surface area contributed by atoms with E-state index in [9.17, 15) is 14.0 Å². The number of carbonyl (C=O) groups excluding carboxylic acids is 2. The van der Waals surface area contributed by atoms with Crippen LogP contribution in [-0.2, 0) is 9.53 Å². The molecule has 0 aliphatic rings. The Balaban J connectivity index is 2.12. The number of rotatable bonds is 5. The normalized spacial score (nSPS) is 11.6. The SMILES string of the molecule is COC(=O)c1ccc(F)c(NC(=O)C(C)Oc2ccc(Cl)cc2C)c1. The van der Waals surface area contributed by atoms with Gasteiger partial charge in [0.05, 0.1) is 18.4 Å². The largest absolute Gasteiger partial charge is 0.481 e. The quantitative estimate of drug-likeness (QED) is 0.814. The van der Waals surface area contributed by atoms with Gasteiger partial charge in [-0.2, -0.15) is 0 Å². The highest BCUT2D eigenvalue weighted by molar-refractivity contribution is 6.30. The second-order valence-electron chi connectivity index (χ2n) is 5.35. The summed E-state index contributed by atoms with van der Waals surface area (Å²) in [5, 5.41) is 2.97. The van der Waals surface area contributed by atoms with E-state index in [2.05, 4.69) is 10.1 Å². The fraction of sp³-hybridized carbons (Fsp3) is 0.222. The number of carbonyl (C=O) groups is 2. The van der Waals surface area contributed by atoms with E-state index in [1.54, 1.807) is 25.1 Å². The van der Waals surface area contributed by atoms with Crippen LogP contribution in [-0.4, -0.2) is 25.1 Å². The maximum Gasteiger partial charge on any atom is 0.337 e. The summed E-state index contributed by atoms with van der Waals surface area (Å²) in [6.07, 6.45) is -0.888. The number of anilines is 1. The molecule has 2 rings (SSSR count). The number of aryl methyl sites for hydroxylation is 1. The van der Waals surface area contributed by atoms with Crippen LogP contribution in [0.5, 0.6) is 5.75 Å². The van der Waals surface area contributed by atoms with Crippen LogP contribution in [0.1, 0.15) is 22.8 Å². The fourth-order valence-corrected chi connectivity index (χ4v) is 2.32. The number of amides is 1. The lowest BCUT2D eigenvalue weighted by atomic mass is 10.2. The predicted molar refractivity (Wildman–Crippen MR) is 92.6 cm³/mol. The lowest BCUT2D eigenvalue weighted by Crippen LogP contribution is -2.30. The monoisotopic (exact) mass is 365 g/mol. The molecule has 1 unspecified atom stereocenters. The predicted octanol–water partition coefficient (Wildman–Crippen LogP) is 3.98. The average Bonchev–Trinajstić information content (AvgIpc) is 2.58. The van der Waals surface area contributed by atoms with Crippen molar-refractivity contribution >= 4 is 29.2 Å². The molecule has 1 amide bonds. The molecule has 1 atom stereocenters. The third-order valence-corrected chi connectivity index (χ3v) is 3.69. The molecule has 25 heavy (non-hydrogen) atoms. The highest BCUT2D eigenvalue weighted by atomic mass is 35.5. The number of nitrogens with one attached hydrogen (secondary N) is 1. The third-order valence-electron chi connectivity index (χ3n) is 3.46. The molecule has 2 aromatic rings. The Kier molecular flexibility index (Phi) is 5.98. The summed E-state index contributed by atoms with van der Waals surface area (Å²) >= 11 is 5.88. The van der Waals surface area contributed by atoms with Crippen LogP contribution < -0.4 is 10.1 Å². The Morgan fingerprint density at radius 3 is 2.56 bits per heavy atom. The van der Waals surface area contributed by atoms with E-state index >= 15 is 0 Å². The van der Waals surface area contributed by atoms with Crippen LogP contribution in [0.2, 0.25) is 5.02 Å². The van der Waals surface area contributed by atoms with E-state index in [-0.39, 0.29) is 11.3 Å². The molecule has 0 aliphatic heterocycles. The van der Waals surface area contributed by atoms with Gasteiger partial charge in [0.1, 0.15) is 11.6 Å². The Hall–Kier alpha value is -2.60. The van der Waals surface area contributed by atoms with Gasteiger partial charge in [-0.05, 0) is 55.8 Å². The van der Waals surface area contributed by atoms with Gasteiger partial charge in [0, 0.05) is 5.02 Å². The summed E-state index contributed by atoms with van der Waals surface area (Å²) in [6, 6.07) is 8.57. The first-order chi connectivity index (χ1) is 11.8. The van der Waals surface area contributed by atoms with Crippen LogP contribution >= 0.6 is 11.6 Å². The van der Waals surface area contributed by atoms with Gasteiger partial charge in [-0.3, -0.25) is 4.79 Å². The van der Waals surface area contributed by atoms with Crippen molar-refractivity contribution in [3.63, 3.8) is 0 Å². The van der Waals surface area contributed by atoms with Crippen LogP contribution in [0, 0.1) is 12.7 Å². The van der Waals surface area contributed by atoms with Gasteiger partial charge in [0.25, 0.3) is 5.91 Å². The molecule has 132 valence electrons. The molecular weight excluding hydrogens is 349 g/mol. The van der Waals surface area contributed by atoms with E-state index in [0.29, 0.717) is 10.8 Å². The Morgan fingerprint density at radius 2 is 1.92 bits per heavy atom. The number of methoxy groups -OCH3 is 1. The van der Waals surface area contributed by atoms with Crippen LogP contribution in [0.4, 0.5) is 10.1 Å². The molecular formula is C18H17ClFNO4. The maximum absolute atomic E-state index is 13.9. The number of esters is 1. The lowest BCUT2D eigenvalue weighted by Gasteiger charge is -2.17. The zero-order valence-electron chi connectivity index (χ0n) is 13.9. The van der Waals surface area contributed by atoms with Gasteiger partial charge >= 0.3 is 5.97 Å². The first-order valence-electron chi connectivity index (χ1n) is 7.43.